The highest BCUT2D eigenvalue weighted by atomic mass is 16.5. The van der Waals surface area contributed by atoms with Gasteiger partial charge in [0.2, 0.25) is 0 Å². The van der Waals surface area contributed by atoms with Crippen molar-refractivity contribution in [3.8, 4) is 11.5 Å². The van der Waals surface area contributed by atoms with E-state index in [1.807, 2.05) is 26.0 Å². The molecular formula is C13H16O2. The summed E-state index contributed by atoms with van der Waals surface area (Å²) in [6.07, 6.45) is 2.13. The minimum Gasteiger partial charge on any atom is -0.493 e. The van der Waals surface area contributed by atoms with E-state index in [9.17, 15) is 0 Å². The maximum Gasteiger partial charge on any atom is 0.169 e. The molecule has 0 unspecified atom stereocenters. The van der Waals surface area contributed by atoms with Gasteiger partial charge in [-0.1, -0.05) is 12.1 Å². The Morgan fingerprint density at radius 3 is 2.67 bits per heavy atom. The number of hydrogen-bond acceptors (Lipinski definition) is 2. The van der Waals surface area contributed by atoms with Crippen LogP contribution in [0, 0.1) is 0 Å². The molecule has 1 aliphatic heterocycles. The van der Waals surface area contributed by atoms with Crippen molar-refractivity contribution in [1.82, 2.24) is 0 Å². The van der Waals surface area contributed by atoms with Gasteiger partial charge < -0.3 is 9.47 Å². The largest absolute Gasteiger partial charge is 0.493 e. The van der Waals surface area contributed by atoms with Gasteiger partial charge >= 0.3 is 0 Å². The van der Waals surface area contributed by atoms with E-state index in [1.54, 1.807) is 7.11 Å². The molecule has 2 nitrogen and oxygen atoms in total. The van der Waals surface area contributed by atoms with Crippen molar-refractivity contribution in [3.63, 3.8) is 0 Å². The lowest BCUT2D eigenvalue weighted by Crippen LogP contribution is -2.28. The highest BCUT2D eigenvalue weighted by Crippen LogP contribution is 2.41. The van der Waals surface area contributed by atoms with Gasteiger partial charge in [-0.3, -0.25) is 0 Å². The van der Waals surface area contributed by atoms with Crippen molar-refractivity contribution in [3.05, 3.63) is 29.8 Å². The molecule has 1 aromatic rings. The van der Waals surface area contributed by atoms with Crippen LogP contribution in [-0.4, -0.2) is 12.7 Å². The van der Waals surface area contributed by atoms with Gasteiger partial charge in [-0.05, 0) is 38.5 Å². The molecule has 0 amide bonds. The fourth-order valence-electron chi connectivity index (χ4n) is 1.98. The summed E-state index contributed by atoms with van der Waals surface area (Å²) in [5.74, 6) is 1.65. The van der Waals surface area contributed by atoms with Crippen LogP contribution in [-0.2, 0) is 0 Å². The first-order chi connectivity index (χ1) is 7.03. The Labute approximate surface area is 90.5 Å². The van der Waals surface area contributed by atoms with Gasteiger partial charge in [-0.25, -0.2) is 0 Å². The van der Waals surface area contributed by atoms with Crippen LogP contribution < -0.4 is 9.47 Å². The molecule has 0 radical (unpaired) electrons. The Hall–Kier alpha value is -1.44. The number of ether oxygens (including phenoxy) is 2. The number of hydrogen-bond donors (Lipinski definition) is 0. The molecule has 2 rings (SSSR count). The molecule has 1 heterocycles. The second-order valence-electron chi connectivity index (χ2n) is 4.37. The maximum absolute atomic E-state index is 5.91. The first-order valence-corrected chi connectivity index (χ1v) is 5.09. The predicted octanol–water partition coefficient (Wildman–Crippen LogP) is 3.27. The molecule has 0 N–H and O–H groups in total. The minimum absolute atomic E-state index is 0.258. The second-order valence-corrected chi connectivity index (χ2v) is 4.37. The number of allylic oxidation sites excluding steroid dienone is 1. The van der Waals surface area contributed by atoms with Crippen molar-refractivity contribution in [2.24, 2.45) is 0 Å². The van der Waals surface area contributed by atoms with E-state index in [0.717, 1.165) is 17.1 Å². The average Bonchev–Trinajstić information content (AvgIpc) is 2.15. The lowest BCUT2D eigenvalue weighted by atomic mass is 9.96. The van der Waals surface area contributed by atoms with Gasteiger partial charge in [-0.2, -0.15) is 0 Å². The molecule has 0 atom stereocenters. The quantitative estimate of drug-likeness (QED) is 0.699. The fraction of sp³-hybridized carbons (Fsp3) is 0.385. The van der Waals surface area contributed by atoms with Gasteiger partial charge in [0.15, 0.2) is 11.5 Å². The van der Waals surface area contributed by atoms with Crippen molar-refractivity contribution < 1.29 is 9.47 Å². The summed E-state index contributed by atoms with van der Waals surface area (Å²) in [4.78, 5) is 0. The Bertz CT molecular complexity index is 417. The zero-order valence-electron chi connectivity index (χ0n) is 9.63. The molecule has 80 valence electrons. The maximum atomic E-state index is 5.91. The van der Waals surface area contributed by atoms with Crippen molar-refractivity contribution in [1.29, 1.82) is 0 Å². The van der Waals surface area contributed by atoms with E-state index in [2.05, 4.69) is 19.1 Å². The standard InChI is InChI=1S/C13H16O2/c1-9-8-13(2,3)15-12-10(9)6-5-7-11(12)14-4/h5-8H,1-4H3. The summed E-state index contributed by atoms with van der Waals surface area (Å²) in [6.45, 7) is 6.19. The van der Waals surface area contributed by atoms with E-state index in [4.69, 9.17) is 9.47 Å². The summed E-state index contributed by atoms with van der Waals surface area (Å²) >= 11 is 0. The van der Waals surface area contributed by atoms with E-state index in [1.165, 1.54) is 5.57 Å². The Kier molecular flexibility index (Phi) is 2.22. The zero-order chi connectivity index (χ0) is 11.1. The molecule has 15 heavy (non-hydrogen) atoms. The molecular weight excluding hydrogens is 188 g/mol. The minimum atomic E-state index is -0.258. The van der Waals surface area contributed by atoms with Gasteiger partial charge in [0.1, 0.15) is 5.60 Å². The lowest BCUT2D eigenvalue weighted by molar-refractivity contribution is 0.151. The van der Waals surface area contributed by atoms with Crippen LogP contribution in [0.2, 0.25) is 0 Å². The zero-order valence-corrected chi connectivity index (χ0v) is 9.63. The van der Waals surface area contributed by atoms with E-state index in [-0.39, 0.29) is 5.60 Å². The molecule has 0 spiro atoms. The van der Waals surface area contributed by atoms with Crippen molar-refractivity contribution >= 4 is 5.57 Å². The van der Waals surface area contributed by atoms with E-state index >= 15 is 0 Å². The van der Waals surface area contributed by atoms with Crippen LogP contribution in [0.25, 0.3) is 5.57 Å². The average molecular weight is 204 g/mol. The lowest BCUT2D eigenvalue weighted by Gasteiger charge is -2.31. The number of para-hydroxylation sites is 1. The Balaban J connectivity index is 2.59. The van der Waals surface area contributed by atoms with Crippen LogP contribution in [0.15, 0.2) is 24.3 Å². The Morgan fingerprint density at radius 2 is 2.00 bits per heavy atom. The molecule has 0 saturated carbocycles. The SMILES string of the molecule is COc1cccc2c1OC(C)(C)C=C2C. The summed E-state index contributed by atoms with van der Waals surface area (Å²) in [5.41, 5.74) is 2.10. The van der Waals surface area contributed by atoms with Crippen molar-refractivity contribution in [2.75, 3.05) is 7.11 Å². The van der Waals surface area contributed by atoms with Crippen LogP contribution in [0.1, 0.15) is 26.3 Å². The molecule has 2 heteroatoms. The fourth-order valence-corrected chi connectivity index (χ4v) is 1.98. The first-order valence-electron chi connectivity index (χ1n) is 5.09. The van der Waals surface area contributed by atoms with Crippen LogP contribution in [0.5, 0.6) is 11.5 Å². The normalized spacial score (nSPS) is 17.5. The third kappa shape index (κ3) is 1.72. The third-order valence-corrected chi connectivity index (χ3v) is 2.55. The summed E-state index contributed by atoms with van der Waals surface area (Å²) in [6, 6.07) is 5.96. The summed E-state index contributed by atoms with van der Waals surface area (Å²) in [7, 11) is 1.67. The van der Waals surface area contributed by atoms with E-state index < -0.39 is 0 Å². The summed E-state index contributed by atoms with van der Waals surface area (Å²) in [5, 5.41) is 0. The third-order valence-electron chi connectivity index (χ3n) is 2.55. The topological polar surface area (TPSA) is 18.5 Å². The van der Waals surface area contributed by atoms with Gasteiger partial charge in [0.25, 0.3) is 0 Å². The van der Waals surface area contributed by atoms with Gasteiger partial charge in [-0.15, -0.1) is 0 Å². The molecule has 1 aliphatic rings. The van der Waals surface area contributed by atoms with Gasteiger partial charge in [0.05, 0.1) is 7.11 Å². The van der Waals surface area contributed by atoms with E-state index in [0.29, 0.717) is 0 Å². The van der Waals surface area contributed by atoms with Crippen molar-refractivity contribution in [2.45, 2.75) is 26.4 Å². The summed E-state index contributed by atoms with van der Waals surface area (Å²) < 4.78 is 11.2. The number of methoxy groups -OCH3 is 1. The highest BCUT2D eigenvalue weighted by Gasteiger charge is 2.26. The first kappa shape index (κ1) is 10.1. The number of rotatable bonds is 1. The highest BCUT2D eigenvalue weighted by molar-refractivity contribution is 5.74. The predicted molar refractivity (Wildman–Crippen MR) is 61.4 cm³/mol. The molecule has 1 aromatic carbocycles. The van der Waals surface area contributed by atoms with Crippen LogP contribution in [0.3, 0.4) is 0 Å². The monoisotopic (exact) mass is 204 g/mol. The second kappa shape index (κ2) is 3.30. The smallest absolute Gasteiger partial charge is 0.169 e. The number of benzene rings is 1. The van der Waals surface area contributed by atoms with Gasteiger partial charge in [0, 0.05) is 5.56 Å². The Morgan fingerprint density at radius 1 is 1.27 bits per heavy atom. The molecule has 0 bridgehead atoms. The number of fused-ring (bicyclic) bond motifs is 1. The molecule has 0 aliphatic carbocycles. The molecule has 0 saturated heterocycles. The van der Waals surface area contributed by atoms with Crippen LogP contribution >= 0.6 is 0 Å². The molecule has 0 aromatic heterocycles. The van der Waals surface area contributed by atoms with Crippen LogP contribution in [0.4, 0.5) is 0 Å². The molecule has 0 fully saturated rings.